The number of nitrogens with one attached hydrogen (secondary N) is 1. The number of carboxylic acid groups (broad SMARTS) is 1. The SMILES string of the molecule is COC(CNC(=O)/C=C/c1ccc(C)cc1Br)C(=O)O. The van der Waals surface area contributed by atoms with Crippen molar-refractivity contribution in [2.45, 2.75) is 13.0 Å². The molecular formula is C14H16BrNO4. The van der Waals surface area contributed by atoms with Crippen LogP contribution in [0.4, 0.5) is 0 Å². The van der Waals surface area contributed by atoms with Crippen molar-refractivity contribution in [3.05, 3.63) is 39.9 Å². The van der Waals surface area contributed by atoms with Gasteiger partial charge < -0.3 is 15.2 Å². The summed E-state index contributed by atoms with van der Waals surface area (Å²) in [6, 6.07) is 5.77. The van der Waals surface area contributed by atoms with E-state index in [0.29, 0.717) is 0 Å². The summed E-state index contributed by atoms with van der Waals surface area (Å²) in [4.78, 5) is 22.3. The van der Waals surface area contributed by atoms with Gasteiger partial charge in [0.15, 0.2) is 6.10 Å². The summed E-state index contributed by atoms with van der Waals surface area (Å²) < 4.78 is 5.60. The maximum Gasteiger partial charge on any atom is 0.334 e. The molecule has 0 heterocycles. The molecule has 2 N–H and O–H groups in total. The van der Waals surface area contributed by atoms with Gasteiger partial charge in [-0.05, 0) is 30.2 Å². The molecule has 0 saturated heterocycles. The average Bonchev–Trinajstić information content (AvgIpc) is 2.38. The Kier molecular flexibility index (Phi) is 6.41. The van der Waals surface area contributed by atoms with E-state index >= 15 is 0 Å². The van der Waals surface area contributed by atoms with E-state index in [2.05, 4.69) is 21.2 Å². The van der Waals surface area contributed by atoms with Crippen LogP contribution in [0, 0.1) is 6.92 Å². The Morgan fingerprint density at radius 1 is 1.50 bits per heavy atom. The molecular weight excluding hydrogens is 326 g/mol. The third kappa shape index (κ3) is 5.14. The Hall–Kier alpha value is -1.66. The zero-order valence-corrected chi connectivity index (χ0v) is 12.8. The summed E-state index contributed by atoms with van der Waals surface area (Å²) in [5.74, 6) is -1.49. The Morgan fingerprint density at radius 3 is 2.75 bits per heavy atom. The highest BCUT2D eigenvalue weighted by Crippen LogP contribution is 2.19. The minimum atomic E-state index is -1.11. The molecule has 1 amide bonds. The van der Waals surface area contributed by atoms with E-state index < -0.39 is 12.1 Å². The summed E-state index contributed by atoms with van der Waals surface area (Å²) in [6.45, 7) is 1.89. The number of hydrogen-bond donors (Lipinski definition) is 2. The van der Waals surface area contributed by atoms with Gasteiger partial charge in [-0.1, -0.05) is 28.1 Å². The van der Waals surface area contributed by atoms with Crippen LogP contribution in [0.2, 0.25) is 0 Å². The first kappa shape index (κ1) is 16.4. The van der Waals surface area contributed by atoms with E-state index in [1.807, 2.05) is 25.1 Å². The fraction of sp³-hybridized carbons (Fsp3) is 0.286. The largest absolute Gasteiger partial charge is 0.479 e. The Labute approximate surface area is 125 Å². The lowest BCUT2D eigenvalue weighted by atomic mass is 10.1. The van der Waals surface area contributed by atoms with Crippen LogP contribution in [-0.2, 0) is 14.3 Å². The normalized spacial score (nSPS) is 12.3. The third-order valence-electron chi connectivity index (χ3n) is 2.59. The number of amides is 1. The first-order valence-corrected chi connectivity index (χ1v) is 6.71. The van der Waals surface area contributed by atoms with Gasteiger partial charge in [-0.25, -0.2) is 4.79 Å². The molecule has 0 aliphatic rings. The third-order valence-corrected chi connectivity index (χ3v) is 3.28. The molecule has 0 radical (unpaired) electrons. The fourth-order valence-electron chi connectivity index (χ4n) is 1.46. The van der Waals surface area contributed by atoms with Gasteiger partial charge in [-0.15, -0.1) is 0 Å². The summed E-state index contributed by atoms with van der Waals surface area (Å²) in [5.41, 5.74) is 1.98. The second-order valence-corrected chi connectivity index (χ2v) is 5.02. The smallest absolute Gasteiger partial charge is 0.334 e. The molecule has 1 atom stereocenters. The van der Waals surface area contributed by atoms with E-state index in [1.165, 1.54) is 13.2 Å². The minimum absolute atomic E-state index is 0.0793. The number of benzene rings is 1. The first-order valence-electron chi connectivity index (χ1n) is 5.91. The highest BCUT2D eigenvalue weighted by atomic mass is 79.9. The monoisotopic (exact) mass is 341 g/mol. The van der Waals surface area contributed by atoms with Crippen LogP contribution in [-0.4, -0.2) is 36.7 Å². The second kappa shape index (κ2) is 7.81. The van der Waals surface area contributed by atoms with Gasteiger partial charge in [-0.2, -0.15) is 0 Å². The van der Waals surface area contributed by atoms with Crippen LogP contribution in [0.5, 0.6) is 0 Å². The van der Waals surface area contributed by atoms with Crippen LogP contribution < -0.4 is 5.32 Å². The molecule has 5 nitrogen and oxygen atoms in total. The van der Waals surface area contributed by atoms with Gasteiger partial charge in [0.2, 0.25) is 5.91 Å². The van der Waals surface area contributed by atoms with Gasteiger partial charge >= 0.3 is 5.97 Å². The van der Waals surface area contributed by atoms with Crippen molar-refractivity contribution < 1.29 is 19.4 Å². The number of carbonyl (C=O) groups excluding carboxylic acids is 1. The molecule has 0 saturated carbocycles. The van der Waals surface area contributed by atoms with E-state index in [0.717, 1.165) is 15.6 Å². The first-order chi connectivity index (χ1) is 9.43. The maximum absolute atomic E-state index is 11.6. The van der Waals surface area contributed by atoms with Crippen molar-refractivity contribution in [3.8, 4) is 0 Å². The molecule has 0 spiro atoms. The number of carboxylic acids is 1. The number of hydrogen-bond acceptors (Lipinski definition) is 3. The highest BCUT2D eigenvalue weighted by molar-refractivity contribution is 9.10. The van der Waals surface area contributed by atoms with Gasteiger partial charge in [0.1, 0.15) is 0 Å². The lowest BCUT2D eigenvalue weighted by molar-refractivity contribution is -0.148. The maximum atomic E-state index is 11.6. The molecule has 20 heavy (non-hydrogen) atoms. The quantitative estimate of drug-likeness (QED) is 0.776. The average molecular weight is 342 g/mol. The number of rotatable bonds is 6. The molecule has 1 unspecified atom stereocenters. The summed E-state index contributed by atoms with van der Waals surface area (Å²) in [7, 11) is 1.28. The summed E-state index contributed by atoms with van der Waals surface area (Å²) in [6.07, 6.45) is 1.96. The second-order valence-electron chi connectivity index (χ2n) is 4.17. The highest BCUT2D eigenvalue weighted by Gasteiger charge is 2.16. The molecule has 1 rings (SSSR count). The van der Waals surface area contributed by atoms with E-state index in [4.69, 9.17) is 9.84 Å². The van der Waals surface area contributed by atoms with Crippen LogP contribution in [0.3, 0.4) is 0 Å². The number of aliphatic carboxylic acids is 1. The van der Waals surface area contributed by atoms with Gasteiger partial charge in [0.25, 0.3) is 0 Å². The molecule has 6 heteroatoms. The number of aryl methyl sites for hydroxylation is 1. The van der Waals surface area contributed by atoms with Gasteiger partial charge in [0.05, 0.1) is 6.54 Å². The van der Waals surface area contributed by atoms with Crippen molar-refractivity contribution >= 4 is 33.9 Å². The van der Waals surface area contributed by atoms with E-state index in [-0.39, 0.29) is 12.5 Å². The Morgan fingerprint density at radius 2 is 2.20 bits per heavy atom. The van der Waals surface area contributed by atoms with Crippen LogP contribution in [0.15, 0.2) is 28.7 Å². The predicted molar refractivity (Wildman–Crippen MR) is 79.4 cm³/mol. The topological polar surface area (TPSA) is 75.6 Å². The Bertz CT molecular complexity index is 528. The van der Waals surface area contributed by atoms with E-state index in [1.54, 1.807) is 6.08 Å². The molecule has 1 aromatic carbocycles. The van der Waals surface area contributed by atoms with Crippen LogP contribution in [0.25, 0.3) is 6.08 Å². The number of carbonyl (C=O) groups is 2. The van der Waals surface area contributed by atoms with Gasteiger partial charge in [-0.3, -0.25) is 4.79 Å². The molecule has 0 aliphatic heterocycles. The molecule has 0 aliphatic carbocycles. The zero-order chi connectivity index (χ0) is 15.1. The number of methoxy groups -OCH3 is 1. The molecule has 0 bridgehead atoms. The van der Waals surface area contributed by atoms with E-state index in [9.17, 15) is 9.59 Å². The van der Waals surface area contributed by atoms with Crippen molar-refractivity contribution in [1.82, 2.24) is 5.32 Å². The minimum Gasteiger partial charge on any atom is -0.479 e. The number of halogens is 1. The van der Waals surface area contributed by atoms with Crippen molar-refractivity contribution in [1.29, 1.82) is 0 Å². The predicted octanol–water partition coefficient (Wildman–Crippen LogP) is 1.99. The number of ether oxygens (including phenoxy) is 1. The lowest BCUT2D eigenvalue weighted by Crippen LogP contribution is -2.37. The molecule has 0 aromatic heterocycles. The molecule has 0 fully saturated rings. The summed E-state index contributed by atoms with van der Waals surface area (Å²) in [5, 5.41) is 11.2. The van der Waals surface area contributed by atoms with Crippen molar-refractivity contribution in [2.24, 2.45) is 0 Å². The zero-order valence-electron chi connectivity index (χ0n) is 11.2. The van der Waals surface area contributed by atoms with Crippen molar-refractivity contribution in [3.63, 3.8) is 0 Å². The Balaban J connectivity index is 2.57. The summed E-state index contributed by atoms with van der Waals surface area (Å²) >= 11 is 3.41. The van der Waals surface area contributed by atoms with Crippen LogP contribution in [0.1, 0.15) is 11.1 Å². The molecule has 108 valence electrons. The van der Waals surface area contributed by atoms with Crippen LogP contribution >= 0.6 is 15.9 Å². The lowest BCUT2D eigenvalue weighted by Gasteiger charge is -2.10. The standard InChI is InChI=1S/C14H16BrNO4/c1-9-3-4-10(11(15)7-9)5-6-13(17)16-8-12(20-2)14(18)19/h3-7,12H,8H2,1-2H3,(H,16,17)(H,18,19)/b6-5+. The molecule has 1 aromatic rings. The van der Waals surface area contributed by atoms with Gasteiger partial charge in [0, 0.05) is 17.7 Å². The fourth-order valence-corrected chi connectivity index (χ4v) is 2.08. The van der Waals surface area contributed by atoms with Crippen molar-refractivity contribution in [2.75, 3.05) is 13.7 Å².